The number of benzene rings is 1. The predicted octanol–water partition coefficient (Wildman–Crippen LogP) is 2.35. The van der Waals surface area contributed by atoms with Crippen molar-refractivity contribution in [3.05, 3.63) is 47.1 Å². The molecular formula is C13H12ClN3O2. The average Bonchev–Trinajstić information content (AvgIpc) is 3.08. The molecule has 1 aliphatic heterocycles. The summed E-state index contributed by atoms with van der Waals surface area (Å²) in [5.74, 6) is 0.816. The topological polar surface area (TPSA) is 59.2 Å². The lowest BCUT2D eigenvalue weighted by Gasteiger charge is -2.15. The summed E-state index contributed by atoms with van der Waals surface area (Å²) in [7, 11) is 0. The lowest BCUT2D eigenvalue weighted by atomic mass is 10.1. The summed E-state index contributed by atoms with van der Waals surface area (Å²) in [6.07, 6.45) is 2.17. The number of halogens is 1. The minimum Gasteiger partial charge on any atom is -0.343 e. The normalized spacial score (nSPS) is 18.8. The Labute approximate surface area is 115 Å². The molecule has 2 aromatic rings. The molecule has 2 heterocycles. The molecule has 1 aliphatic rings. The van der Waals surface area contributed by atoms with E-state index >= 15 is 0 Å². The zero-order valence-electron chi connectivity index (χ0n) is 10.1. The van der Waals surface area contributed by atoms with Gasteiger partial charge in [0.1, 0.15) is 0 Å². The van der Waals surface area contributed by atoms with Gasteiger partial charge in [0.15, 0.2) is 5.82 Å². The van der Waals surface area contributed by atoms with Crippen LogP contribution in [0.5, 0.6) is 0 Å². The third kappa shape index (κ3) is 2.46. The molecule has 0 saturated carbocycles. The van der Waals surface area contributed by atoms with E-state index in [1.165, 1.54) is 6.39 Å². The van der Waals surface area contributed by atoms with Crippen molar-refractivity contribution in [2.45, 2.75) is 12.3 Å². The molecule has 19 heavy (non-hydrogen) atoms. The molecule has 1 aromatic heterocycles. The van der Waals surface area contributed by atoms with Crippen molar-refractivity contribution in [1.82, 2.24) is 15.0 Å². The second kappa shape index (κ2) is 5.01. The Morgan fingerprint density at radius 3 is 3.11 bits per heavy atom. The van der Waals surface area contributed by atoms with Gasteiger partial charge in [-0.1, -0.05) is 22.8 Å². The molecule has 5 nitrogen and oxygen atoms in total. The van der Waals surface area contributed by atoms with Crippen LogP contribution in [-0.2, 0) is 0 Å². The molecule has 6 heteroatoms. The second-order valence-corrected chi connectivity index (χ2v) is 4.97. The quantitative estimate of drug-likeness (QED) is 0.845. The third-order valence-electron chi connectivity index (χ3n) is 3.29. The van der Waals surface area contributed by atoms with Crippen LogP contribution in [0.15, 0.2) is 35.2 Å². The molecule has 98 valence electrons. The van der Waals surface area contributed by atoms with Crippen LogP contribution in [0.2, 0.25) is 5.02 Å². The van der Waals surface area contributed by atoms with Crippen LogP contribution in [0.3, 0.4) is 0 Å². The molecule has 1 fully saturated rings. The summed E-state index contributed by atoms with van der Waals surface area (Å²) in [4.78, 5) is 18.2. The van der Waals surface area contributed by atoms with Gasteiger partial charge in [0.2, 0.25) is 6.39 Å². The smallest absolute Gasteiger partial charge is 0.253 e. The van der Waals surface area contributed by atoms with Gasteiger partial charge < -0.3 is 9.42 Å². The summed E-state index contributed by atoms with van der Waals surface area (Å²) in [5.41, 5.74) is 0.612. The number of aromatic nitrogens is 2. The first-order chi connectivity index (χ1) is 9.24. The Kier molecular flexibility index (Phi) is 3.21. The standard InChI is InChI=1S/C13H12ClN3O2/c14-11-3-1-2-9(6-11)13(18)17-5-4-10(7-17)12-15-8-19-16-12/h1-3,6,8,10H,4-5,7H2/t10-/m1/s1. The summed E-state index contributed by atoms with van der Waals surface area (Å²) in [5, 5.41) is 4.40. The van der Waals surface area contributed by atoms with Crippen LogP contribution in [0.4, 0.5) is 0 Å². The molecular weight excluding hydrogens is 266 g/mol. The summed E-state index contributed by atoms with van der Waals surface area (Å²) >= 11 is 5.90. The highest BCUT2D eigenvalue weighted by atomic mass is 35.5. The maximum absolute atomic E-state index is 12.3. The molecule has 3 rings (SSSR count). The number of carbonyl (C=O) groups is 1. The maximum Gasteiger partial charge on any atom is 0.253 e. The molecule has 1 aromatic carbocycles. The van der Waals surface area contributed by atoms with E-state index in [0.717, 1.165) is 6.42 Å². The monoisotopic (exact) mass is 277 g/mol. The molecule has 0 aliphatic carbocycles. The first-order valence-electron chi connectivity index (χ1n) is 6.05. The van der Waals surface area contributed by atoms with Crippen LogP contribution in [-0.4, -0.2) is 34.0 Å². The van der Waals surface area contributed by atoms with E-state index in [1.807, 2.05) is 0 Å². The number of rotatable bonds is 2. The zero-order chi connectivity index (χ0) is 13.2. The fourth-order valence-electron chi connectivity index (χ4n) is 2.32. The average molecular weight is 278 g/mol. The molecule has 0 unspecified atom stereocenters. The Balaban J connectivity index is 1.73. The van der Waals surface area contributed by atoms with Gasteiger partial charge in [-0.2, -0.15) is 4.98 Å². The van der Waals surface area contributed by atoms with Crippen LogP contribution in [0.25, 0.3) is 0 Å². The predicted molar refractivity (Wildman–Crippen MR) is 69.0 cm³/mol. The van der Waals surface area contributed by atoms with Crippen LogP contribution < -0.4 is 0 Å². The lowest BCUT2D eigenvalue weighted by Crippen LogP contribution is -2.28. The van der Waals surface area contributed by atoms with E-state index in [4.69, 9.17) is 16.1 Å². The minimum atomic E-state index is -0.00602. The number of likely N-dealkylation sites (tertiary alicyclic amines) is 1. The van der Waals surface area contributed by atoms with Crippen LogP contribution >= 0.6 is 11.6 Å². The van der Waals surface area contributed by atoms with E-state index in [-0.39, 0.29) is 11.8 Å². The van der Waals surface area contributed by atoms with Gasteiger partial charge in [0.05, 0.1) is 0 Å². The molecule has 1 amide bonds. The van der Waals surface area contributed by atoms with Crippen molar-refractivity contribution < 1.29 is 9.32 Å². The molecule has 1 saturated heterocycles. The summed E-state index contributed by atoms with van der Waals surface area (Å²) in [6.45, 7) is 1.31. The van der Waals surface area contributed by atoms with Crippen molar-refractivity contribution in [3.8, 4) is 0 Å². The Morgan fingerprint density at radius 2 is 2.37 bits per heavy atom. The number of hydrogen-bond acceptors (Lipinski definition) is 4. The summed E-state index contributed by atoms with van der Waals surface area (Å²) < 4.78 is 4.74. The van der Waals surface area contributed by atoms with Gasteiger partial charge in [0, 0.05) is 29.6 Å². The maximum atomic E-state index is 12.3. The van der Waals surface area contributed by atoms with Crippen molar-refractivity contribution in [3.63, 3.8) is 0 Å². The van der Waals surface area contributed by atoms with E-state index in [9.17, 15) is 4.79 Å². The fourth-order valence-corrected chi connectivity index (χ4v) is 2.51. The minimum absolute atomic E-state index is 0.00602. The molecule has 0 bridgehead atoms. The number of hydrogen-bond donors (Lipinski definition) is 0. The zero-order valence-corrected chi connectivity index (χ0v) is 10.9. The van der Waals surface area contributed by atoms with Crippen LogP contribution in [0.1, 0.15) is 28.5 Å². The van der Waals surface area contributed by atoms with E-state index < -0.39 is 0 Å². The van der Waals surface area contributed by atoms with Crippen molar-refractivity contribution >= 4 is 17.5 Å². The lowest BCUT2D eigenvalue weighted by molar-refractivity contribution is 0.0790. The highest BCUT2D eigenvalue weighted by molar-refractivity contribution is 6.30. The number of nitrogens with zero attached hydrogens (tertiary/aromatic N) is 3. The number of carbonyl (C=O) groups excluding carboxylic acids is 1. The fraction of sp³-hybridized carbons (Fsp3) is 0.308. The molecule has 0 N–H and O–H groups in total. The second-order valence-electron chi connectivity index (χ2n) is 4.54. The Morgan fingerprint density at radius 1 is 1.47 bits per heavy atom. The van der Waals surface area contributed by atoms with Gasteiger partial charge in [-0.3, -0.25) is 4.79 Å². The Bertz CT molecular complexity index is 585. The van der Waals surface area contributed by atoms with E-state index in [2.05, 4.69) is 10.1 Å². The highest BCUT2D eigenvalue weighted by Crippen LogP contribution is 2.26. The van der Waals surface area contributed by atoms with Gasteiger partial charge in [0.25, 0.3) is 5.91 Å². The third-order valence-corrected chi connectivity index (χ3v) is 3.53. The Hall–Kier alpha value is -1.88. The van der Waals surface area contributed by atoms with Gasteiger partial charge in [-0.05, 0) is 24.6 Å². The molecule has 0 radical (unpaired) electrons. The van der Waals surface area contributed by atoms with Crippen molar-refractivity contribution in [2.75, 3.05) is 13.1 Å². The van der Waals surface area contributed by atoms with Crippen molar-refractivity contribution in [2.24, 2.45) is 0 Å². The SMILES string of the molecule is O=C(c1cccc(Cl)c1)N1CC[C@@H](c2ncon2)C1. The molecule has 1 atom stereocenters. The molecule has 0 spiro atoms. The highest BCUT2D eigenvalue weighted by Gasteiger charge is 2.30. The first kappa shape index (κ1) is 12.2. The van der Waals surface area contributed by atoms with Gasteiger partial charge in [-0.25, -0.2) is 0 Å². The van der Waals surface area contributed by atoms with Crippen molar-refractivity contribution in [1.29, 1.82) is 0 Å². The van der Waals surface area contributed by atoms with Gasteiger partial charge >= 0.3 is 0 Å². The number of amides is 1. The van der Waals surface area contributed by atoms with E-state index in [1.54, 1.807) is 29.2 Å². The van der Waals surface area contributed by atoms with Gasteiger partial charge in [-0.15, -0.1) is 0 Å². The van der Waals surface area contributed by atoms with E-state index in [0.29, 0.717) is 29.5 Å². The first-order valence-corrected chi connectivity index (χ1v) is 6.43. The summed E-state index contributed by atoms with van der Waals surface area (Å²) in [6, 6.07) is 6.99. The van der Waals surface area contributed by atoms with Crippen LogP contribution in [0, 0.1) is 0 Å². The largest absolute Gasteiger partial charge is 0.343 e.